The molecule has 130 valence electrons. The molecule has 0 saturated carbocycles. The largest absolute Gasteiger partial charge is 0.479 e. The Morgan fingerprint density at radius 3 is 2.57 bits per heavy atom. The molecular weight excluding hydrogens is 348 g/mol. The van der Waals surface area contributed by atoms with Crippen LogP contribution >= 0.6 is 16.4 Å². The van der Waals surface area contributed by atoms with Crippen LogP contribution in [-0.2, 0) is 29.5 Å². The van der Waals surface area contributed by atoms with Crippen molar-refractivity contribution in [3.05, 3.63) is 29.8 Å². The Morgan fingerprint density at radius 1 is 1.35 bits per heavy atom. The third-order valence-corrected chi connectivity index (χ3v) is 4.59. The van der Waals surface area contributed by atoms with Gasteiger partial charge in [0.15, 0.2) is 0 Å². The Hall–Kier alpha value is -1.05. The van der Waals surface area contributed by atoms with Gasteiger partial charge in [0, 0.05) is 13.5 Å². The molecule has 3 N–H and O–H groups in total. The zero-order valence-corrected chi connectivity index (χ0v) is 14.5. The van der Waals surface area contributed by atoms with E-state index in [1.807, 2.05) is 0 Å². The average Bonchev–Trinajstić information content (AvgIpc) is 2.46. The maximum Gasteiger partial charge on any atom is 0.479 e. The van der Waals surface area contributed by atoms with Gasteiger partial charge in [-0.15, -0.1) is 0 Å². The zero-order chi connectivity index (χ0) is 17.3. The zero-order valence-electron chi connectivity index (χ0n) is 12.7. The van der Waals surface area contributed by atoms with Crippen molar-refractivity contribution in [2.24, 2.45) is 0 Å². The monoisotopic (exact) mass is 367 g/mol. The SMILES string of the molecule is CNCCOP(=O)(O)OP(O)Oc1ccc(COC(C)=O)cc1. The lowest BCUT2D eigenvalue weighted by Crippen LogP contribution is -2.13. The van der Waals surface area contributed by atoms with E-state index in [1.165, 1.54) is 19.1 Å². The van der Waals surface area contributed by atoms with Crippen molar-refractivity contribution in [3.63, 3.8) is 0 Å². The normalized spacial score (nSPS) is 14.8. The minimum absolute atomic E-state index is 0.0572. The van der Waals surface area contributed by atoms with Gasteiger partial charge in [-0.25, -0.2) is 8.88 Å². The summed E-state index contributed by atoms with van der Waals surface area (Å²) in [5.41, 5.74) is 0.721. The highest BCUT2D eigenvalue weighted by atomic mass is 31.3. The summed E-state index contributed by atoms with van der Waals surface area (Å²) in [5, 5.41) is 2.72. The summed E-state index contributed by atoms with van der Waals surface area (Å²) in [6.07, 6.45) is 0. The van der Waals surface area contributed by atoms with Gasteiger partial charge in [0.25, 0.3) is 0 Å². The van der Waals surface area contributed by atoms with Crippen LogP contribution in [0.3, 0.4) is 0 Å². The molecule has 2 atom stereocenters. The molecule has 1 aromatic rings. The van der Waals surface area contributed by atoms with E-state index in [0.29, 0.717) is 6.54 Å². The molecule has 1 rings (SSSR count). The lowest BCUT2D eigenvalue weighted by atomic mass is 10.2. The van der Waals surface area contributed by atoms with Gasteiger partial charge in [-0.3, -0.25) is 9.32 Å². The first-order chi connectivity index (χ1) is 10.8. The number of benzene rings is 1. The van der Waals surface area contributed by atoms with Gasteiger partial charge in [-0.2, -0.15) is 0 Å². The molecule has 0 aromatic heterocycles. The van der Waals surface area contributed by atoms with Crippen LogP contribution in [0.15, 0.2) is 24.3 Å². The van der Waals surface area contributed by atoms with Crippen LogP contribution in [0.1, 0.15) is 12.5 Å². The first kappa shape index (κ1) is 20.0. The Morgan fingerprint density at radius 2 is 2.00 bits per heavy atom. The number of hydrogen-bond donors (Lipinski definition) is 3. The van der Waals surface area contributed by atoms with E-state index < -0.39 is 22.4 Å². The van der Waals surface area contributed by atoms with Crippen molar-refractivity contribution in [2.45, 2.75) is 13.5 Å². The fraction of sp³-hybridized carbons (Fsp3) is 0.417. The summed E-state index contributed by atoms with van der Waals surface area (Å²) in [4.78, 5) is 29.6. The quantitative estimate of drug-likeness (QED) is 0.322. The number of hydrogen-bond acceptors (Lipinski definition) is 8. The predicted molar refractivity (Wildman–Crippen MR) is 82.5 cm³/mol. The predicted octanol–water partition coefficient (Wildman–Crippen LogP) is 1.70. The summed E-state index contributed by atoms with van der Waals surface area (Å²) in [5.74, 6) is -0.171. The van der Waals surface area contributed by atoms with E-state index in [1.54, 1.807) is 19.2 Å². The van der Waals surface area contributed by atoms with Crippen LogP contribution < -0.4 is 9.84 Å². The highest BCUT2D eigenvalue weighted by Crippen LogP contribution is 2.55. The molecule has 0 radical (unpaired) electrons. The molecule has 1 aromatic carbocycles. The number of likely N-dealkylation sites (N-methyl/N-ethyl adjacent to an activating group) is 1. The van der Waals surface area contributed by atoms with Crippen LogP contribution in [0.4, 0.5) is 0 Å². The van der Waals surface area contributed by atoms with Gasteiger partial charge >= 0.3 is 22.4 Å². The number of carbonyl (C=O) groups excluding carboxylic acids is 1. The molecule has 0 amide bonds. The highest BCUT2D eigenvalue weighted by Gasteiger charge is 2.28. The second kappa shape index (κ2) is 9.95. The molecule has 0 fully saturated rings. The van der Waals surface area contributed by atoms with Crippen LogP contribution in [0.2, 0.25) is 0 Å². The molecule has 0 saturated heterocycles. The third kappa shape index (κ3) is 8.98. The van der Waals surface area contributed by atoms with Gasteiger partial charge in [-0.1, -0.05) is 12.1 Å². The van der Waals surface area contributed by atoms with E-state index >= 15 is 0 Å². The number of ether oxygens (including phenoxy) is 1. The van der Waals surface area contributed by atoms with E-state index in [2.05, 4.69) is 14.2 Å². The fourth-order valence-corrected chi connectivity index (χ4v) is 2.97. The van der Waals surface area contributed by atoms with Gasteiger partial charge in [0.1, 0.15) is 12.4 Å². The number of esters is 1. The van der Waals surface area contributed by atoms with Crippen LogP contribution in [0.5, 0.6) is 5.75 Å². The Labute approximate surface area is 135 Å². The summed E-state index contributed by atoms with van der Waals surface area (Å²) in [6, 6.07) is 6.22. The summed E-state index contributed by atoms with van der Waals surface area (Å²) >= 11 is 0. The topological polar surface area (TPSA) is 124 Å². The molecule has 0 aliphatic heterocycles. The van der Waals surface area contributed by atoms with Gasteiger partial charge in [-0.05, 0) is 24.7 Å². The van der Waals surface area contributed by atoms with E-state index in [0.717, 1.165) is 5.56 Å². The molecule has 23 heavy (non-hydrogen) atoms. The first-order valence-corrected chi connectivity index (χ1v) is 9.16. The molecule has 0 aliphatic carbocycles. The van der Waals surface area contributed by atoms with Gasteiger partial charge < -0.3 is 24.4 Å². The Kier molecular flexibility index (Phi) is 8.65. The summed E-state index contributed by atoms with van der Waals surface area (Å²) in [7, 11) is -5.38. The maximum atomic E-state index is 11.5. The van der Waals surface area contributed by atoms with Crippen molar-refractivity contribution >= 4 is 22.4 Å². The van der Waals surface area contributed by atoms with Gasteiger partial charge in [0.05, 0.1) is 6.61 Å². The lowest BCUT2D eigenvalue weighted by Gasteiger charge is -2.15. The molecule has 11 heteroatoms. The standard InChI is InChI=1S/C12H19NO8P2/c1-10(14)18-9-11-3-5-12(6-4-11)20-22(15)21-23(16,17)19-8-7-13-2/h3-6,13,15H,7-9H2,1-2H3,(H,16,17). The molecule has 0 spiro atoms. The van der Waals surface area contributed by atoms with Gasteiger partial charge in [0.2, 0.25) is 0 Å². The van der Waals surface area contributed by atoms with Crippen LogP contribution in [0.25, 0.3) is 0 Å². The number of carbonyl (C=O) groups is 1. The maximum absolute atomic E-state index is 11.5. The minimum atomic E-state index is -4.39. The number of phosphoric acid groups is 1. The molecule has 0 bridgehead atoms. The second-order valence-electron chi connectivity index (χ2n) is 4.24. The minimum Gasteiger partial charge on any atom is -0.461 e. The highest BCUT2D eigenvalue weighted by molar-refractivity contribution is 7.58. The molecule has 0 heterocycles. The van der Waals surface area contributed by atoms with Crippen molar-refractivity contribution in [1.29, 1.82) is 0 Å². The number of rotatable bonds is 10. The van der Waals surface area contributed by atoms with Crippen LogP contribution in [0, 0.1) is 0 Å². The fourth-order valence-electron chi connectivity index (χ4n) is 1.31. The molecule has 2 unspecified atom stereocenters. The molecule has 9 nitrogen and oxygen atoms in total. The van der Waals surface area contributed by atoms with Crippen molar-refractivity contribution in [1.82, 2.24) is 5.32 Å². The van der Waals surface area contributed by atoms with Crippen LogP contribution in [-0.4, -0.2) is 36.0 Å². The summed E-state index contributed by atoms with van der Waals surface area (Å²) < 4.78 is 30.4. The van der Waals surface area contributed by atoms with E-state index in [-0.39, 0.29) is 19.0 Å². The summed E-state index contributed by atoms with van der Waals surface area (Å²) in [6.45, 7) is 1.71. The Balaban J connectivity index is 2.45. The van der Waals surface area contributed by atoms with Crippen molar-refractivity contribution in [2.75, 3.05) is 20.2 Å². The van der Waals surface area contributed by atoms with E-state index in [4.69, 9.17) is 9.26 Å². The van der Waals surface area contributed by atoms with Crippen molar-refractivity contribution < 1.29 is 37.2 Å². The average molecular weight is 367 g/mol. The first-order valence-electron chi connectivity index (χ1n) is 6.53. The van der Waals surface area contributed by atoms with Crippen molar-refractivity contribution in [3.8, 4) is 5.75 Å². The smallest absolute Gasteiger partial charge is 0.461 e. The third-order valence-electron chi connectivity index (χ3n) is 2.33. The number of nitrogens with one attached hydrogen (secondary N) is 1. The lowest BCUT2D eigenvalue weighted by molar-refractivity contribution is -0.142. The Bertz CT molecular complexity index is 538. The molecule has 0 aliphatic rings. The van der Waals surface area contributed by atoms with E-state index in [9.17, 15) is 19.1 Å². The number of phosphoric ester groups is 1. The second-order valence-corrected chi connectivity index (χ2v) is 6.75. The molecular formula is C12H19NO8P2.